The molecule has 0 bridgehead atoms. The van der Waals surface area contributed by atoms with E-state index in [1.54, 1.807) is 0 Å². The first-order chi connectivity index (χ1) is 13.1. The number of aromatic nitrogens is 2. The van der Waals surface area contributed by atoms with Crippen molar-refractivity contribution in [3.05, 3.63) is 46.7 Å². The van der Waals surface area contributed by atoms with Crippen molar-refractivity contribution in [2.24, 2.45) is 0 Å². The minimum Gasteiger partial charge on any atom is -0.298 e. The standard InChI is InChI=1S/C23H27N3S/c1-14-6-8-20(16(3)24-14)17-7-9-21-22(13-17)27-23(25-21)18-11-19(12-18)26-10-4-5-15(26)2/h6-9,13,15,18-19H,4-5,10-12H2,1-3H3/t15-,18-,19+/m1/s1. The highest BCUT2D eigenvalue weighted by Crippen LogP contribution is 2.44. The SMILES string of the molecule is Cc1ccc(-c2ccc3nc([C@H]4C[C@@H](N5CCC[C@H]5C)C4)sc3c2)c(C)n1. The molecule has 0 spiro atoms. The Balaban J connectivity index is 1.37. The summed E-state index contributed by atoms with van der Waals surface area (Å²) in [7, 11) is 0. The van der Waals surface area contributed by atoms with Gasteiger partial charge in [-0.15, -0.1) is 11.3 Å². The van der Waals surface area contributed by atoms with E-state index in [-0.39, 0.29) is 0 Å². The molecule has 3 nitrogen and oxygen atoms in total. The molecule has 0 amide bonds. The predicted octanol–water partition coefficient (Wildman–Crippen LogP) is 5.71. The summed E-state index contributed by atoms with van der Waals surface area (Å²) in [6.45, 7) is 7.83. The molecular formula is C23H27N3S. The molecule has 1 aliphatic carbocycles. The predicted molar refractivity (Wildman–Crippen MR) is 113 cm³/mol. The second-order valence-corrected chi connectivity index (χ2v) is 9.43. The van der Waals surface area contributed by atoms with Crippen LogP contribution in [0.3, 0.4) is 0 Å². The smallest absolute Gasteiger partial charge is 0.0970 e. The lowest BCUT2D eigenvalue weighted by atomic mass is 9.79. The van der Waals surface area contributed by atoms with E-state index in [1.807, 2.05) is 18.3 Å². The highest BCUT2D eigenvalue weighted by Gasteiger charge is 2.39. The van der Waals surface area contributed by atoms with E-state index < -0.39 is 0 Å². The van der Waals surface area contributed by atoms with Crippen molar-refractivity contribution in [1.82, 2.24) is 14.9 Å². The van der Waals surface area contributed by atoms with Crippen LogP contribution in [0.4, 0.5) is 0 Å². The Morgan fingerprint density at radius 3 is 2.67 bits per heavy atom. The maximum Gasteiger partial charge on any atom is 0.0970 e. The van der Waals surface area contributed by atoms with Crippen molar-refractivity contribution < 1.29 is 0 Å². The van der Waals surface area contributed by atoms with Crippen LogP contribution in [0.25, 0.3) is 21.3 Å². The maximum atomic E-state index is 4.97. The third kappa shape index (κ3) is 3.09. The molecule has 4 heteroatoms. The molecule has 140 valence electrons. The van der Waals surface area contributed by atoms with E-state index in [4.69, 9.17) is 4.98 Å². The van der Waals surface area contributed by atoms with Gasteiger partial charge in [-0.05, 0) is 76.8 Å². The van der Waals surface area contributed by atoms with Gasteiger partial charge in [0.15, 0.2) is 0 Å². The molecule has 1 aliphatic heterocycles. The third-order valence-electron chi connectivity index (χ3n) is 6.48. The summed E-state index contributed by atoms with van der Waals surface area (Å²) >= 11 is 1.89. The number of thiazole rings is 1. The molecule has 0 radical (unpaired) electrons. The van der Waals surface area contributed by atoms with Gasteiger partial charge in [0.2, 0.25) is 0 Å². The molecule has 0 unspecified atom stereocenters. The van der Waals surface area contributed by atoms with Crippen LogP contribution < -0.4 is 0 Å². The van der Waals surface area contributed by atoms with Gasteiger partial charge in [0.1, 0.15) is 0 Å². The number of benzene rings is 1. The average Bonchev–Trinajstić information content (AvgIpc) is 3.19. The lowest BCUT2D eigenvalue weighted by Gasteiger charge is -2.42. The van der Waals surface area contributed by atoms with Crippen molar-refractivity contribution in [1.29, 1.82) is 0 Å². The molecule has 0 N–H and O–H groups in total. The zero-order valence-corrected chi connectivity index (χ0v) is 17.2. The van der Waals surface area contributed by atoms with Crippen molar-refractivity contribution in [3.63, 3.8) is 0 Å². The number of aryl methyl sites for hydroxylation is 2. The van der Waals surface area contributed by atoms with Gasteiger partial charge in [0, 0.05) is 35.0 Å². The van der Waals surface area contributed by atoms with Gasteiger partial charge in [0.05, 0.1) is 15.2 Å². The largest absolute Gasteiger partial charge is 0.298 e. The number of nitrogens with zero attached hydrogens (tertiary/aromatic N) is 3. The molecule has 27 heavy (non-hydrogen) atoms. The molecule has 2 fully saturated rings. The van der Waals surface area contributed by atoms with Gasteiger partial charge in [0.25, 0.3) is 0 Å². The summed E-state index contributed by atoms with van der Waals surface area (Å²) in [5, 5.41) is 1.34. The van der Waals surface area contributed by atoms with Gasteiger partial charge >= 0.3 is 0 Å². The highest BCUT2D eigenvalue weighted by molar-refractivity contribution is 7.18. The van der Waals surface area contributed by atoms with Gasteiger partial charge in [-0.25, -0.2) is 4.98 Å². The van der Waals surface area contributed by atoms with Gasteiger partial charge in [-0.2, -0.15) is 0 Å². The first-order valence-electron chi connectivity index (χ1n) is 10.2. The minimum absolute atomic E-state index is 0.659. The lowest BCUT2D eigenvalue weighted by molar-refractivity contribution is 0.103. The average molecular weight is 378 g/mol. The van der Waals surface area contributed by atoms with Crippen LogP contribution in [0.5, 0.6) is 0 Å². The molecule has 2 aliphatic rings. The van der Waals surface area contributed by atoms with Crippen LogP contribution in [-0.4, -0.2) is 33.5 Å². The molecule has 1 aromatic carbocycles. The van der Waals surface area contributed by atoms with Crippen LogP contribution in [-0.2, 0) is 0 Å². The van der Waals surface area contributed by atoms with Gasteiger partial charge in [-0.3, -0.25) is 9.88 Å². The second kappa shape index (κ2) is 6.68. The fraction of sp³-hybridized carbons (Fsp3) is 0.478. The summed E-state index contributed by atoms with van der Waals surface area (Å²) in [6.07, 6.45) is 5.33. The molecule has 1 saturated carbocycles. The van der Waals surface area contributed by atoms with Crippen LogP contribution >= 0.6 is 11.3 Å². The summed E-state index contributed by atoms with van der Waals surface area (Å²) in [5.41, 5.74) is 5.80. The number of hydrogen-bond acceptors (Lipinski definition) is 4. The van der Waals surface area contributed by atoms with Crippen molar-refractivity contribution in [2.45, 2.75) is 64.5 Å². The second-order valence-electron chi connectivity index (χ2n) is 8.37. The molecule has 3 aromatic rings. The maximum absolute atomic E-state index is 4.97. The first kappa shape index (κ1) is 17.3. The normalized spacial score (nSPS) is 25.8. The summed E-state index contributed by atoms with van der Waals surface area (Å²) in [4.78, 5) is 12.3. The minimum atomic E-state index is 0.659. The fourth-order valence-corrected chi connectivity index (χ4v) is 5.97. The van der Waals surface area contributed by atoms with E-state index in [9.17, 15) is 0 Å². The van der Waals surface area contributed by atoms with Gasteiger partial charge in [-0.1, -0.05) is 12.1 Å². The van der Waals surface area contributed by atoms with E-state index in [1.165, 1.54) is 53.1 Å². The fourth-order valence-electron chi connectivity index (χ4n) is 4.83. The number of hydrogen-bond donors (Lipinski definition) is 0. The molecular weight excluding hydrogens is 350 g/mol. The Hall–Kier alpha value is -1.78. The van der Waals surface area contributed by atoms with Crippen LogP contribution in [0.15, 0.2) is 30.3 Å². The van der Waals surface area contributed by atoms with E-state index in [0.29, 0.717) is 5.92 Å². The Kier molecular flexibility index (Phi) is 4.29. The quantitative estimate of drug-likeness (QED) is 0.586. The molecule has 1 saturated heterocycles. The van der Waals surface area contributed by atoms with Crippen LogP contribution in [0.1, 0.15) is 54.9 Å². The first-order valence-corrected chi connectivity index (χ1v) is 11.0. The lowest BCUT2D eigenvalue weighted by Crippen LogP contribution is -2.45. The molecule has 2 aromatic heterocycles. The van der Waals surface area contributed by atoms with Crippen LogP contribution in [0.2, 0.25) is 0 Å². The van der Waals surface area contributed by atoms with E-state index >= 15 is 0 Å². The molecule has 5 rings (SSSR count). The van der Waals surface area contributed by atoms with Crippen molar-refractivity contribution >= 4 is 21.6 Å². The van der Waals surface area contributed by atoms with E-state index in [0.717, 1.165) is 29.0 Å². The Morgan fingerprint density at radius 1 is 1.07 bits per heavy atom. The summed E-state index contributed by atoms with van der Waals surface area (Å²) < 4.78 is 1.31. The highest BCUT2D eigenvalue weighted by atomic mass is 32.1. The molecule has 3 heterocycles. The Morgan fingerprint density at radius 2 is 1.93 bits per heavy atom. The zero-order chi connectivity index (χ0) is 18.5. The Labute approximate surface area is 165 Å². The number of likely N-dealkylation sites (tertiary alicyclic amines) is 1. The number of fused-ring (bicyclic) bond motifs is 1. The Bertz CT molecular complexity index is 986. The monoisotopic (exact) mass is 377 g/mol. The topological polar surface area (TPSA) is 29.0 Å². The van der Waals surface area contributed by atoms with E-state index in [2.05, 4.69) is 54.1 Å². The van der Waals surface area contributed by atoms with Crippen molar-refractivity contribution in [3.8, 4) is 11.1 Å². The summed E-state index contributed by atoms with van der Waals surface area (Å²) in [6, 6.07) is 12.5. The molecule has 1 atom stereocenters. The third-order valence-corrected chi connectivity index (χ3v) is 7.66. The summed E-state index contributed by atoms with van der Waals surface area (Å²) in [5.74, 6) is 0.659. The van der Waals surface area contributed by atoms with Crippen LogP contribution in [0, 0.1) is 13.8 Å². The number of rotatable bonds is 3. The van der Waals surface area contributed by atoms with Gasteiger partial charge < -0.3 is 0 Å². The van der Waals surface area contributed by atoms with Crippen molar-refractivity contribution in [2.75, 3.05) is 6.54 Å². The number of pyridine rings is 1. The zero-order valence-electron chi connectivity index (χ0n) is 16.4.